The van der Waals surface area contributed by atoms with Crippen molar-refractivity contribution in [2.24, 2.45) is 5.92 Å². The maximum atomic E-state index is 12.2. The summed E-state index contributed by atoms with van der Waals surface area (Å²) in [5.74, 6) is -0.549. The van der Waals surface area contributed by atoms with E-state index in [4.69, 9.17) is 4.74 Å². The molecule has 1 rings (SSSR count). The minimum Gasteiger partial charge on any atom is -0.465 e. The quantitative estimate of drug-likeness (QED) is 0.466. The fourth-order valence-corrected chi connectivity index (χ4v) is 2.01. The van der Waals surface area contributed by atoms with E-state index in [-0.39, 0.29) is 18.2 Å². The van der Waals surface area contributed by atoms with Crippen molar-refractivity contribution in [1.29, 1.82) is 0 Å². The molecule has 0 amide bonds. The number of ether oxygens (including phenoxy) is 1. The van der Waals surface area contributed by atoms with Crippen LogP contribution in [0.1, 0.15) is 33.3 Å². The first-order valence-corrected chi connectivity index (χ1v) is 6.26. The Morgan fingerprint density at radius 3 is 2.47 bits per heavy atom. The fourth-order valence-electron chi connectivity index (χ4n) is 2.01. The van der Waals surface area contributed by atoms with Gasteiger partial charge in [-0.2, -0.15) is 0 Å². The summed E-state index contributed by atoms with van der Waals surface area (Å²) in [6, 6.07) is 6.32. The molecule has 0 bridgehead atoms. The second-order valence-electron chi connectivity index (χ2n) is 4.85. The second kappa shape index (κ2) is 5.82. The van der Waals surface area contributed by atoms with Crippen LogP contribution in [0.2, 0.25) is 0 Å². The predicted octanol–water partition coefficient (Wildman–Crippen LogP) is 3.07. The van der Waals surface area contributed by atoms with E-state index in [1.807, 2.05) is 13.8 Å². The highest BCUT2D eigenvalue weighted by Gasteiger charge is 2.44. The third-order valence-corrected chi connectivity index (χ3v) is 3.51. The number of rotatable bonds is 5. The number of carbonyl (C=O) groups excluding carboxylic acids is 1. The number of nitrogens with zero attached hydrogens (tertiary/aromatic N) is 1. The van der Waals surface area contributed by atoms with Crippen molar-refractivity contribution in [3.63, 3.8) is 0 Å². The number of nitro benzene ring substituents is 1. The summed E-state index contributed by atoms with van der Waals surface area (Å²) in [5, 5.41) is 11.1. The van der Waals surface area contributed by atoms with Gasteiger partial charge in [0.05, 0.1) is 16.9 Å². The molecule has 0 heterocycles. The first-order valence-electron chi connectivity index (χ1n) is 6.26. The SMILES string of the molecule is CCOC(=O)C(C)(c1ccccc1[N+](=O)[O-])C(C)C. The summed E-state index contributed by atoms with van der Waals surface area (Å²) < 4.78 is 5.10. The van der Waals surface area contributed by atoms with Gasteiger partial charge in [0, 0.05) is 11.6 Å². The number of para-hydroxylation sites is 1. The van der Waals surface area contributed by atoms with Crippen LogP contribution < -0.4 is 0 Å². The van der Waals surface area contributed by atoms with Crippen LogP contribution in [0.3, 0.4) is 0 Å². The average Bonchev–Trinajstić information content (AvgIpc) is 2.37. The van der Waals surface area contributed by atoms with Gasteiger partial charge in [-0.05, 0) is 19.8 Å². The molecule has 0 aromatic heterocycles. The van der Waals surface area contributed by atoms with Crippen molar-refractivity contribution in [3.8, 4) is 0 Å². The molecule has 0 saturated heterocycles. The minimum absolute atomic E-state index is 0.0493. The Balaban J connectivity index is 3.43. The summed E-state index contributed by atoms with van der Waals surface area (Å²) in [6.07, 6.45) is 0. The molecule has 0 aliphatic rings. The van der Waals surface area contributed by atoms with Crippen LogP contribution in [-0.2, 0) is 14.9 Å². The topological polar surface area (TPSA) is 69.4 Å². The first-order chi connectivity index (χ1) is 8.85. The molecule has 5 nitrogen and oxygen atoms in total. The van der Waals surface area contributed by atoms with Crippen LogP contribution in [0.5, 0.6) is 0 Å². The average molecular weight is 265 g/mol. The smallest absolute Gasteiger partial charge is 0.316 e. The number of nitro groups is 1. The molecule has 1 unspecified atom stereocenters. The van der Waals surface area contributed by atoms with Gasteiger partial charge in [0.25, 0.3) is 5.69 Å². The summed E-state index contributed by atoms with van der Waals surface area (Å²) >= 11 is 0. The van der Waals surface area contributed by atoms with Crippen LogP contribution in [-0.4, -0.2) is 17.5 Å². The lowest BCUT2D eigenvalue weighted by atomic mass is 9.72. The highest BCUT2D eigenvalue weighted by molar-refractivity contribution is 5.84. The van der Waals surface area contributed by atoms with Crippen LogP contribution in [0.25, 0.3) is 0 Å². The number of benzene rings is 1. The number of hydrogen-bond acceptors (Lipinski definition) is 4. The Morgan fingerprint density at radius 1 is 1.42 bits per heavy atom. The van der Waals surface area contributed by atoms with Crippen LogP contribution in [0, 0.1) is 16.0 Å². The van der Waals surface area contributed by atoms with E-state index in [9.17, 15) is 14.9 Å². The standard InChI is InChI=1S/C14H19NO4/c1-5-19-13(16)14(4,10(2)3)11-8-6-7-9-12(11)15(17)18/h6-10H,5H2,1-4H3. The normalized spacial score (nSPS) is 13.9. The van der Waals surface area contributed by atoms with E-state index in [1.54, 1.807) is 32.0 Å². The molecule has 0 aliphatic carbocycles. The zero-order valence-electron chi connectivity index (χ0n) is 11.7. The molecule has 0 aliphatic heterocycles. The van der Waals surface area contributed by atoms with Gasteiger partial charge >= 0.3 is 5.97 Å². The lowest BCUT2D eigenvalue weighted by Gasteiger charge is -2.31. The lowest BCUT2D eigenvalue weighted by Crippen LogP contribution is -2.40. The van der Waals surface area contributed by atoms with Crippen molar-refractivity contribution in [2.75, 3.05) is 6.61 Å². The predicted molar refractivity (Wildman–Crippen MR) is 71.9 cm³/mol. The monoisotopic (exact) mass is 265 g/mol. The van der Waals surface area contributed by atoms with Crippen LogP contribution in [0.4, 0.5) is 5.69 Å². The largest absolute Gasteiger partial charge is 0.465 e. The molecule has 0 N–H and O–H groups in total. The first kappa shape index (κ1) is 15.1. The van der Waals surface area contributed by atoms with E-state index < -0.39 is 16.3 Å². The summed E-state index contributed by atoms with van der Waals surface area (Å²) in [6.45, 7) is 7.37. The highest BCUT2D eigenvalue weighted by Crippen LogP contribution is 2.38. The number of hydrogen-bond donors (Lipinski definition) is 0. The van der Waals surface area contributed by atoms with E-state index in [1.165, 1.54) is 6.07 Å². The molecule has 0 spiro atoms. The Kier molecular flexibility index (Phi) is 4.64. The van der Waals surface area contributed by atoms with Gasteiger partial charge < -0.3 is 4.74 Å². The van der Waals surface area contributed by atoms with E-state index in [2.05, 4.69) is 0 Å². The van der Waals surface area contributed by atoms with Gasteiger partial charge in [-0.1, -0.05) is 32.0 Å². The van der Waals surface area contributed by atoms with Gasteiger partial charge in [-0.15, -0.1) is 0 Å². The van der Waals surface area contributed by atoms with Crippen LogP contribution in [0.15, 0.2) is 24.3 Å². The molecular formula is C14H19NO4. The van der Waals surface area contributed by atoms with Crippen molar-refractivity contribution in [1.82, 2.24) is 0 Å². The lowest BCUT2D eigenvalue weighted by molar-refractivity contribution is -0.386. The van der Waals surface area contributed by atoms with E-state index in [0.29, 0.717) is 5.56 Å². The Morgan fingerprint density at radius 2 is 2.00 bits per heavy atom. The summed E-state index contributed by atoms with van der Waals surface area (Å²) in [7, 11) is 0. The summed E-state index contributed by atoms with van der Waals surface area (Å²) in [4.78, 5) is 22.9. The van der Waals surface area contributed by atoms with E-state index >= 15 is 0 Å². The van der Waals surface area contributed by atoms with Gasteiger partial charge in [-0.3, -0.25) is 14.9 Å². The molecule has 104 valence electrons. The third-order valence-electron chi connectivity index (χ3n) is 3.51. The number of esters is 1. The molecule has 5 heteroatoms. The van der Waals surface area contributed by atoms with Gasteiger partial charge in [0.2, 0.25) is 0 Å². The maximum Gasteiger partial charge on any atom is 0.316 e. The third kappa shape index (κ3) is 2.75. The van der Waals surface area contributed by atoms with Crippen molar-refractivity contribution in [2.45, 2.75) is 33.1 Å². The molecule has 1 aromatic rings. The second-order valence-corrected chi connectivity index (χ2v) is 4.85. The zero-order chi connectivity index (χ0) is 14.6. The molecule has 0 saturated carbocycles. The summed E-state index contributed by atoms with van der Waals surface area (Å²) in [5.41, 5.74) is -0.681. The minimum atomic E-state index is -1.03. The molecule has 0 radical (unpaired) electrons. The Labute approximate surface area is 112 Å². The Bertz CT molecular complexity index is 484. The van der Waals surface area contributed by atoms with Crippen molar-refractivity contribution < 1.29 is 14.5 Å². The van der Waals surface area contributed by atoms with Crippen LogP contribution >= 0.6 is 0 Å². The van der Waals surface area contributed by atoms with Crippen molar-refractivity contribution >= 4 is 11.7 Å². The molecular weight excluding hydrogens is 246 g/mol. The fraction of sp³-hybridized carbons (Fsp3) is 0.500. The Hall–Kier alpha value is -1.91. The zero-order valence-corrected chi connectivity index (χ0v) is 11.7. The molecule has 1 aromatic carbocycles. The number of carbonyl (C=O) groups is 1. The highest BCUT2D eigenvalue weighted by atomic mass is 16.6. The van der Waals surface area contributed by atoms with Gasteiger partial charge in [0.1, 0.15) is 0 Å². The molecule has 1 atom stereocenters. The van der Waals surface area contributed by atoms with Gasteiger partial charge in [-0.25, -0.2) is 0 Å². The molecule has 19 heavy (non-hydrogen) atoms. The maximum absolute atomic E-state index is 12.2. The molecule has 0 fully saturated rings. The van der Waals surface area contributed by atoms with Crippen molar-refractivity contribution in [3.05, 3.63) is 39.9 Å². The van der Waals surface area contributed by atoms with Gasteiger partial charge in [0.15, 0.2) is 0 Å². The van der Waals surface area contributed by atoms with E-state index in [0.717, 1.165) is 0 Å².